The lowest BCUT2D eigenvalue weighted by Gasteiger charge is -2.33. The Morgan fingerprint density at radius 1 is 1.28 bits per heavy atom. The Morgan fingerprint density at radius 3 is 2.88 bits per heavy atom. The summed E-state index contributed by atoms with van der Waals surface area (Å²) in [5.41, 5.74) is 1.11. The zero-order chi connectivity index (χ0) is 17.8. The molecule has 2 heterocycles. The molecule has 1 N–H and O–H groups in total. The summed E-state index contributed by atoms with van der Waals surface area (Å²) in [7, 11) is 3.95. The number of aromatic nitrogens is 2. The minimum absolute atomic E-state index is 0.331. The molecule has 7 heteroatoms. The van der Waals surface area contributed by atoms with Crippen LogP contribution < -0.4 is 10.2 Å². The van der Waals surface area contributed by atoms with Crippen LogP contribution in [0.2, 0.25) is 10.0 Å². The highest BCUT2D eigenvalue weighted by atomic mass is 35.5. The van der Waals surface area contributed by atoms with Crippen molar-refractivity contribution in [2.45, 2.75) is 25.4 Å². The number of piperidine rings is 1. The van der Waals surface area contributed by atoms with E-state index >= 15 is 0 Å². The lowest BCUT2D eigenvalue weighted by Crippen LogP contribution is -2.42. The minimum Gasteiger partial charge on any atom is -0.363 e. The average Bonchev–Trinajstić information content (AvgIpc) is 2.58. The molecule has 1 atom stereocenters. The molecule has 1 aliphatic heterocycles. The van der Waals surface area contributed by atoms with Crippen molar-refractivity contribution in [2.75, 3.05) is 37.4 Å². The van der Waals surface area contributed by atoms with Gasteiger partial charge < -0.3 is 10.2 Å². The van der Waals surface area contributed by atoms with Gasteiger partial charge in [-0.1, -0.05) is 29.3 Å². The van der Waals surface area contributed by atoms with Crippen LogP contribution in [0.5, 0.6) is 0 Å². The highest BCUT2D eigenvalue weighted by Crippen LogP contribution is 2.24. The summed E-state index contributed by atoms with van der Waals surface area (Å²) >= 11 is 12.3. The number of halogens is 2. The summed E-state index contributed by atoms with van der Waals surface area (Å²) < 4.78 is 0. The van der Waals surface area contributed by atoms with Crippen molar-refractivity contribution in [3.63, 3.8) is 0 Å². The van der Waals surface area contributed by atoms with Gasteiger partial charge in [0.05, 0.1) is 0 Å². The maximum Gasteiger partial charge on any atom is 0.224 e. The van der Waals surface area contributed by atoms with Crippen molar-refractivity contribution in [1.82, 2.24) is 14.9 Å². The number of nitrogens with one attached hydrogen (secondary N) is 1. The Hall–Kier alpha value is -1.56. The van der Waals surface area contributed by atoms with E-state index in [-0.39, 0.29) is 0 Å². The predicted octanol–water partition coefficient (Wildman–Crippen LogP) is 3.93. The zero-order valence-corrected chi connectivity index (χ0v) is 16.1. The first-order chi connectivity index (χ1) is 12.0. The van der Waals surface area contributed by atoms with Gasteiger partial charge in [-0.15, -0.1) is 0 Å². The topological polar surface area (TPSA) is 44.3 Å². The third-order valence-corrected chi connectivity index (χ3v) is 4.93. The van der Waals surface area contributed by atoms with Crippen LogP contribution in [-0.4, -0.2) is 48.1 Å². The van der Waals surface area contributed by atoms with Crippen LogP contribution >= 0.6 is 23.2 Å². The van der Waals surface area contributed by atoms with E-state index in [0.717, 1.165) is 48.9 Å². The number of rotatable bonds is 5. The lowest BCUT2D eigenvalue weighted by atomic mass is 10.0. The van der Waals surface area contributed by atoms with Crippen LogP contribution in [0.4, 0.5) is 11.8 Å². The van der Waals surface area contributed by atoms with Gasteiger partial charge in [-0.2, -0.15) is 4.98 Å². The summed E-state index contributed by atoms with van der Waals surface area (Å²) in [5, 5.41) is 4.87. The van der Waals surface area contributed by atoms with E-state index in [1.807, 2.05) is 37.2 Å². The molecule has 1 fully saturated rings. The quantitative estimate of drug-likeness (QED) is 0.852. The first-order valence-electron chi connectivity index (χ1n) is 8.44. The van der Waals surface area contributed by atoms with Crippen LogP contribution in [0.1, 0.15) is 18.4 Å². The molecular weight excluding hydrogens is 357 g/mol. The molecule has 5 nitrogen and oxygen atoms in total. The van der Waals surface area contributed by atoms with Gasteiger partial charge in [0.25, 0.3) is 0 Å². The van der Waals surface area contributed by atoms with Crippen molar-refractivity contribution in [3.05, 3.63) is 46.1 Å². The summed E-state index contributed by atoms with van der Waals surface area (Å²) in [4.78, 5) is 13.3. The molecule has 1 unspecified atom stereocenters. The molecule has 1 aromatic heterocycles. The normalized spacial score (nSPS) is 18.2. The third-order valence-electron chi connectivity index (χ3n) is 4.35. The lowest BCUT2D eigenvalue weighted by molar-refractivity contribution is 0.208. The first kappa shape index (κ1) is 18.2. The summed E-state index contributed by atoms with van der Waals surface area (Å²) in [6, 6.07) is 7.94. The summed E-state index contributed by atoms with van der Waals surface area (Å²) in [6.45, 7) is 2.83. The molecule has 0 saturated carbocycles. The van der Waals surface area contributed by atoms with Crippen molar-refractivity contribution in [3.8, 4) is 0 Å². The Kier molecular flexibility index (Phi) is 5.99. The molecule has 25 heavy (non-hydrogen) atoms. The van der Waals surface area contributed by atoms with Gasteiger partial charge in [-0.05, 0) is 43.1 Å². The highest BCUT2D eigenvalue weighted by molar-refractivity contribution is 6.35. The Morgan fingerprint density at radius 2 is 2.12 bits per heavy atom. The molecule has 0 spiro atoms. The van der Waals surface area contributed by atoms with Crippen molar-refractivity contribution in [2.24, 2.45) is 0 Å². The zero-order valence-electron chi connectivity index (χ0n) is 14.5. The Bertz CT molecular complexity index is 722. The first-order valence-corrected chi connectivity index (χ1v) is 9.20. The van der Waals surface area contributed by atoms with Crippen LogP contribution in [-0.2, 0) is 6.54 Å². The SMILES string of the molecule is CN(C)c1ccnc(NC2CCCN(Cc3ccc(Cl)cc3Cl)C2)n1. The molecule has 0 bridgehead atoms. The van der Waals surface area contributed by atoms with Gasteiger partial charge in [0.2, 0.25) is 5.95 Å². The second-order valence-electron chi connectivity index (χ2n) is 6.59. The molecule has 1 aromatic carbocycles. The van der Waals surface area contributed by atoms with Crippen LogP contribution in [0.15, 0.2) is 30.5 Å². The van der Waals surface area contributed by atoms with Gasteiger partial charge in [0.15, 0.2) is 0 Å². The van der Waals surface area contributed by atoms with Gasteiger partial charge in [0.1, 0.15) is 5.82 Å². The van der Waals surface area contributed by atoms with E-state index in [9.17, 15) is 0 Å². The number of nitrogens with zero attached hydrogens (tertiary/aromatic N) is 4. The molecular formula is C18H23Cl2N5. The van der Waals surface area contributed by atoms with Crippen molar-refractivity contribution < 1.29 is 0 Å². The van der Waals surface area contributed by atoms with E-state index in [4.69, 9.17) is 23.2 Å². The predicted molar refractivity (Wildman–Crippen MR) is 105 cm³/mol. The van der Waals surface area contributed by atoms with E-state index in [1.54, 1.807) is 12.3 Å². The average molecular weight is 380 g/mol. The van der Waals surface area contributed by atoms with Gasteiger partial charge in [-0.25, -0.2) is 4.98 Å². The largest absolute Gasteiger partial charge is 0.363 e. The molecule has 134 valence electrons. The molecule has 2 aromatic rings. The van der Waals surface area contributed by atoms with Crippen LogP contribution in [0, 0.1) is 0 Å². The number of hydrogen-bond donors (Lipinski definition) is 1. The maximum atomic E-state index is 6.31. The maximum absolute atomic E-state index is 6.31. The van der Waals surface area contributed by atoms with Gasteiger partial charge in [0, 0.05) is 49.5 Å². The number of anilines is 2. The fourth-order valence-corrected chi connectivity index (χ4v) is 3.53. The van der Waals surface area contributed by atoms with E-state index in [2.05, 4.69) is 20.2 Å². The summed E-state index contributed by atoms with van der Waals surface area (Å²) in [5.74, 6) is 1.58. The fourth-order valence-electron chi connectivity index (χ4n) is 3.06. The van der Waals surface area contributed by atoms with E-state index in [0.29, 0.717) is 17.0 Å². The highest BCUT2D eigenvalue weighted by Gasteiger charge is 2.21. The van der Waals surface area contributed by atoms with Crippen molar-refractivity contribution in [1.29, 1.82) is 0 Å². The monoisotopic (exact) mass is 379 g/mol. The molecule has 3 rings (SSSR count). The number of hydrogen-bond acceptors (Lipinski definition) is 5. The second kappa shape index (κ2) is 8.21. The van der Waals surface area contributed by atoms with Crippen molar-refractivity contribution >= 4 is 35.0 Å². The Balaban J connectivity index is 1.62. The molecule has 1 saturated heterocycles. The molecule has 0 aliphatic carbocycles. The Labute approximate surface area is 159 Å². The fraction of sp³-hybridized carbons (Fsp3) is 0.444. The number of benzene rings is 1. The molecule has 0 amide bonds. The standard InChI is InChI=1S/C18H23Cl2N5/c1-24(2)17-7-8-21-18(23-17)22-15-4-3-9-25(12-15)11-13-5-6-14(19)10-16(13)20/h5-8,10,15H,3-4,9,11-12H2,1-2H3,(H,21,22,23). The van der Waals surface area contributed by atoms with Gasteiger partial charge in [-0.3, -0.25) is 4.90 Å². The molecule has 1 aliphatic rings. The van der Waals surface area contributed by atoms with E-state index < -0.39 is 0 Å². The van der Waals surface area contributed by atoms with Crippen LogP contribution in [0.3, 0.4) is 0 Å². The van der Waals surface area contributed by atoms with E-state index in [1.165, 1.54) is 0 Å². The third kappa shape index (κ3) is 4.97. The summed E-state index contributed by atoms with van der Waals surface area (Å²) in [6.07, 6.45) is 4.04. The van der Waals surface area contributed by atoms with Gasteiger partial charge >= 0.3 is 0 Å². The molecule has 0 radical (unpaired) electrons. The minimum atomic E-state index is 0.331. The smallest absolute Gasteiger partial charge is 0.224 e. The number of likely N-dealkylation sites (tertiary alicyclic amines) is 1. The van der Waals surface area contributed by atoms with Crippen LogP contribution in [0.25, 0.3) is 0 Å². The second-order valence-corrected chi connectivity index (χ2v) is 7.43.